The minimum atomic E-state index is 0.898. The summed E-state index contributed by atoms with van der Waals surface area (Å²) in [7, 11) is 1.63. The number of hydrogen-bond acceptors (Lipinski definition) is 2. The average molecular weight is 187 g/mol. The second-order valence-corrected chi connectivity index (χ2v) is 2.81. The second kappa shape index (κ2) is 3.87. The summed E-state index contributed by atoms with van der Waals surface area (Å²) >= 11 is 0. The first-order valence-corrected chi connectivity index (χ1v) is 4.38. The van der Waals surface area contributed by atoms with Crippen molar-refractivity contribution in [1.29, 1.82) is 0 Å². The van der Waals surface area contributed by atoms with Crippen molar-refractivity contribution in [3.63, 3.8) is 0 Å². The summed E-state index contributed by atoms with van der Waals surface area (Å²) in [6, 6.07) is 11.6. The van der Waals surface area contributed by atoms with E-state index in [-0.39, 0.29) is 0 Å². The fourth-order valence-electron chi connectivity index (χ4n) is 1.30. The second-order valence-electron chi connectivity index (χ2n) is 2.81. The molecular weight excluding hydrogens is 176 g/mol. The van der Waals surface area contributed by atoms with E-state index in [1.165, 1.54) is 0 Å². The van der Waals surface area contributed by atoms with Crippen LogP contribution < -0.4 is 9.57 Å². The van der Waals surface area contributed by atoms with Gasteiger partial charge >= 0.3 is 0 Å². The zero-order valence-corrected chi connectivity index (χ0v) is 7.92. The van der Waals surface area contributed by atoms with Crippen LogP contribution in [0.2, 0.25) is 0 Å². The molecule has 2 rings (SSSR count). The van der Waals surface area contributed by atoms with E-state index < -0.39 is 0 Å². The lowest BCUT2D eigenvalue weighted by molar-refractivity contribution is -0.877. The predicted octanol–water partition coefficient (Wildman–Crippen LogP) is 1.09. The van der Waals surface area contributed by atoms with E-state index in [9.17, 15) is 0 Å². The Morgan fingerprint density at radius 2 is 2.00 bits per heavy atom. The van der Waals surface area contributed by atoms with Crippen molar-refractivity contribution in [3.8, 4) is 11.4 Å². The monoisotopic (exact) mass is 187 g/mol. The molecule has 0 atom stereocenters. The lowest BCUT2D eigenvalue weighted by Crippen LogP contribution is -2.42. The molecule has 0 amide bonds. The maximum atomic E-state index is 5.18. The van der Waals surface area contributed by atoms with Crippen LogP contribution in [0.1, 0.15) is 0 Å². The molecule has 0 unspecified atom stereocenters. The van der Waals surface area contributed by atoms with Gasteiger partial charge in [0.25, 0.3) is 5.69 Å². The maximum Gasteiger partial charge on any atom is 0.282 e. The molecule has 0 saturated heterocycles. The lowest BCUT2D eigenvalue weighted by Gasteiger charge is -1.97. The topological polar surface area (TPSA) is 26.0 Å². The van der Waals surface area contributed by atoms with E-state index in [0.717, 1.165) is 11.4 Å². The first-order valence-electron chi connectivity index (χ1n) is 4.38. The van der Waals surface area contributed by atoms with E-state index in [2.05, 4.69) is 4.98 Å². The molecule has 2 aromatic rings. The van der Waals surface area contributed by atoms with Crippen LogP contribution in [0.25, 0.3) is 11.4 Å². The fourth-order valence-corrected chi connectivity index (χ4v) is 1.30. The Kier molecular flexibility index (Phi) is 2.40. The third kappa shape index (κ3) is 1.57. The summed E-state index contributed by atoms with van der Waals surface area (Å²) in [6.45, 7) is 0. The summed E-state index contributed by atoms with van der Waals surface area (Å²) in [5, 5.41) is 0. The summed E-state index contributed by atoms with van der Waals surface area (Å²) < 4.78 is 1.68. The van der Waals surface area contributed by atoms with Gasteiger partial charge in [-0.15, -0.1) is 0 Å². The maximum absolute atomic E-state index is 5.18. The molecule has 0 aliphatic heterocycles. The third-order valence-electron chi connectivity index (χ3n) is 1.95. The normalized spacial score (nSPS) is 9.79. The Bertz CT molecular complexity index is 415. The van der Waals surface area contributed by atoms with Crippen molar-refractivity contribution in [3.05, 3.63) is 48.8 Å². The van der Waals surface area contributed by atoms with Gasteiger partial charge in [-0.1, -0.05) is 6.07 Å². The van der Waals surface area contributed by atoms with Crippen molar-refractivity contribution < 1.29 is 9.57 Å². The number of rotatable bonds is 2. The van der Waals surface area contributed by atoms with Crippen LogP contribution in [-0.4, -0.2) is 12.1 Å². The minimum Gasteiger partial charge on any atom is -0.274 e. The predicted molar refractivity (Wildman–Crippen MR) is 52.4 cm³/mol. The zero-order valence-electron chi connectivity index (χ0n) is 7.92. The van der Waals surface area contributed by atoms with Crippen LogP contribution in [-0.2, 0) is 0 Å². The number of hydrogen-bond donors (Lipinski definition) is 0. The van der Waals surface area contributed by atoms with Gasteiger partial charge in [0.15, 0.2) is 0 Å². The van der Waals surface area contributed by atoms with Gasteiger partial charge in [0.05, 0.1) is 0 Å². The molecule has 0 aromatic carbocycles. The summed E-state index contributed by atoms with van der Waals surface area (Å²) in [4.78, 5) is 9.43. The summed E-state index contributed by atoms with van der Waals surface area (Å²) in [5.41, 5.74) is 1.84. The summed E-state index contributed by atoms with van der Waals surface area (Å²) in [5.74, 6) is 0. The van der Waals surface area contributed by atoms with Gasteiger partial charge in [-0.05, 0) is 18.2 Å². The van der Waals surface area contributed by atoms with E-state index in [4.69, 9.17) is 4.84 Å². The van der Waals surface area contributed by atoms with Crippen molar-refractivity contribution >= 4 is 0 Å². The van der Waals surface area contributed by atoms with Gasteiger partial charge in [-0.3, -0.25) is 4.84 Å². The molecule has 0 aliphatic rings. The molecule has 14 heavy (non-hydrogen) atoms. The highest BCUT2D eigenvalue weighted by Gasteiger charge is 2.12. The molecule has 0 saturated carbocycles. The van der Waals surface area contributed by atoms with Crippen LogP contribution in [0.15, 0.2) is 48.8 Å². The largest absolute Gasteiger partial charge is 0.282 e. The molecule has 0 spiro atoms. The van der Waals surface area contributed by atoms with Crippen LogP contribution in [0.4, 0.5) is 0 Å². The van der Waals surface area contributed by atoms with Gasteiger partial charge in [0.1, 0.15) is 12.8 Å². The van der Waals surface area contributed by atoms with Crippen LogP contribution in [0.5, 0.6) is 0 Å². The molecule has 0 bridgehead atoms. The van der Waals surface area contributed by atoms with Crippen molar-refractivity contribution in [2.45, 2.75) is 0 Å². The molecular formula is C11H11N2O+. The molecule has 2 heterocycles. The van der Waals surface area contributed by atoms with Gasteiger partial charge < -0.3 is 0 Å². The molecule has 3 nitrogen and oxygen atoms in total. The Morgan fingerprint density at radius 1 is 1.14 bits per heavy atom. The quantitative estimate of drug-likeness (QED) is 0.658. The minimum absolute atomic E-state index is 0.898. The number of nitrogens with zero attached hydrogens (tertiary/aromatic N) is 2. The molecule has 2 aromatic heterocycles. The van der Waals surface area contributed by atoms with Gasteiger partial charge in [0, 0.05) is 23.1 Å². The van der Waals surface area contributed by atoms with Gasteiger partial charge in [-0.2, -0.15) is 0 Å². The molecule has 0 aliphatic carbocycles. The highest BCUT2D eigenvalue weighted by molar-refractivity contribution is 5.49. The Hall–Kier alpha value is -1.90. The Morgan fingerprint density at radius 3 is 2.71 bits per heavy atom. The average Bonchev–Trinajstić information content (AvgIpc) is 2.30. The SMILES string of the molecule is CO[n+]1ccccc1-c1ccccn1. The zero-order chi connectivity index (χ0) is 9.80. The standard InChI is InChI=1S/C11H11N2O/c1-14-13-9-5-3-7-11(13)10-6-2-4-8-12-10/h2-9H,1H3/q+1. The van der Waals surface area contributed by atoms with E-state index in [0.29, 0.717) is 0 Å². The van der Waals surface area contributed by atoms with E-state index in [1.807, 2.05) is 42.6 Å². The Balaban J connectivity index is 2.51. The van der Waals surface area contributed by atoms with E-state index >= 15 is 0 Å². The van der Waals surface area contributed by atoms with Crippen molar-refractivity contribution in [2.24, 2.45) is 0 Å². The highest BCUT2D eigenvalue weighted by atomic mass is 16.6. The Labute approximate surface area is 82.6 Å². The van der Waals surface area contributed by atoms with Gasteiger partial charge in [0.2, 0.25) is 6.20 Å². The first-order chi connectivity index (χ1) is 6.92. The van der Waals surface area contributed by atoms with Crippen molar-refractivity contribution in [1.82, 2.24) is 4.98 Å². The number of pyridine rings is 2. The smallest absolute Gasteiger partial charge is 0.274 e. The van der Waals surface area contributed by atoms with Gasteiger partial charge in [-0.25, -0.2) is 4.98 Å². The molecule has 0 fully saturated rings. The molecule has 3 heteroatoms. The molecule has 70 valence electrons. The highest BCUT2D eigenvalue weighted by Crippen LogP contribution is 2.09. The van der Waals surface area contributed by atoms with Crippen LogP contribution in [0.3, 0.4) is 0 Å². The summed E-state index contributed by atoms with van der Waals surface area (Å²) in [6.07, 6.45) is 3.62. The fraction of sp³-hybridized carbons (Fsp3) is 0.0909. The third-order valence-corrected chi connectivity index (χ3v) is 1.95. The first kappa shape index (κ1) is 8.69. The lowest BCUT2D eigenvalue weighted by atomic mass is 10.2. The van der Waals surface area contributed by atoms with Crippen LogP contribution in [0, 0.1) is 0 Å². The number of aromatic nitrogens is 2. The van der Waals surface area contributed by atoms with Crippen molar-refractivity contribution in [2.75, 3.05) is 7.11 Å². The van der Waals surface area contributed by atoms with Crippen LogP contribution >= 0.6 is 0 Å². The molecule has 0 N–H and O–H groups in total. The molecule has 0 radical (unpaired) electrons. The van der Waals surface area contributed by atoms with E-state index in [1.54, 1.807) is 18.0 Å².